The van der Waals surface area contributed by atoms with E-state index in [2.05, 4.69) is 28.9 Å². The average Bonchev–Trinajstić information content (AvgIpc) is 3.51. The summed E-state index contributed by atoms with van der Waals surface area (Å²) < 4.78 is 18.1. The van der Waals surface area contributed by atoms with Gasteiger partial charge in [0.2, 0.25) is 0 Å². The summed E-state index contributed by atoms with van der Waals surface area (Å²) in [6, 6.07) is 8.60. The first kappa shape index (κ1) is 23.4. The highest BCUT2D eigenvalue weighted by molar-refractivity contribution is 7.10. The molecule has 33 heavy (non-hydrogen) atoms. The van der Waals surface area contributed by atoms with Gasteiger partial charge in [0, 0.05) is 41.9 Å². The molecule has 6 heteroatoms. The highest BCUT2D eigenvalue weighted by atomic mass is 32.1. The van der Waals surface area contributed by atoms with E-state index in [-0.39, 0.29) is 17.3 Å². The summed E-state index contributed by atoms with van der Waals surface area (Å²) in [5.41, 5.74) is 2.72. The second kappa shape index (κ2) is 11.0. The predicted octanol–water partition coefficient (Wildman–Crippen LogP) is 5.73. The molecule has 180 valence electrons. The molecule has 2 atom stereocenters. The van der Waals surface area contributed by atoms with Crippen LogP contribution in [0.1, 0.15) is 80.3 Å². The lowest BCUT2D eigenvalue weighted by molar-refractivity contribution is -0.168. The zero-order chi connectivity index (χ0) is 22.4. The molecule has 5 nitrogen and oxygen atoms in total. The molecule has 5 rings (SSSR count). The SMILES string of the molecule is c1ccc(C2(CCNCc3sccc3COC3CCCCO3)CCOC3(CCCC3)C2)nc1. The zero-order valence-electron chi connectivity index (χ0n) is 19.7. The molecular formula is C27H38N2O3S. The van der Waals surface area contributed by atoms with Gasteiger partial charge in [0.15, 0.2) is 6.29 Å². The van der Waals surface area contributed by atoms with Crippen molar-refractivity contribution in [1.82, 2.24) is 10.3 Å². The highest BCUT2D eigenvalue weighted by Gasteiger charge is 2.48. The van der Waals surface area contributed by atoms with Gasteiger partial charge in [-0.15, -0.1) is 11.3 Å². The molecule has 0 radical (unpaired) electrons. The minimum absolute atomic E-state index is 0.0332. The molecule has 0 amide bonds. The molecule has 1 N–H and O–H groups in total. The van der Waals surface area contributed by atoms with Gasteiger partial charge >= 0.3 is 0 Å². The lowest BCUT2D eigenvalue weighted by Crippen LogP contribution is -2.47. The van der Waals surface area contributed by atoms with Gasteiger partial charge in [0.1, 0.15) is 0 Å². The second-order valence-corrected chi connectivity index (χ2v) is 11.1. The van der Waals surface area contributed by atoms with Crippen LogP contribution in [0.4, 0.5) is 0 Å². The fourth-order valence-electron chi connectivity index (χ4n) is 6.00. The Balaban J connectivity index is 1.18. The van der Waals surface area contributed by atoms with Crippen molar-refractivity contribution in [3.8, 4) is 0 Å². The molecule has 1 saturated carbocycles. The largest absolute Gasteiger partial charge is 0.375 e. The predicted molar refractivity (Wildman–Crippen MR) is 131 cm³/mol. The number of nitrogens with zero attached hydrogens (tertiary/aromatic N) is 1. The molecule has 0 bridgehead atoms. The van der Waals surface area contributed by atoms with Gasteiger partial charge in [-0.3, -0.25) is 4.98 Å². The van der Waals surface area contributed by atoms with E-state index in [1.54, 1.807) is 0 Å². The van der Waals surface area contributed by atoms with Crippen molar-refractivity contribution in [3.05, 3.63) is 52.0 Å². The van der Waals surface area contributed by atoms with Crippen LogP contribution in [0.2, 0.25) is 0 Å². The van der Waals surface area contributed by atoms with Gasteiger partial charge < -0.3 is 19.5 Å². The molecule has 2 saturated heterocycles. The average molecular weight is 471 g/mol. The number of hydrogen-bond donors (Lipinski definition) is 1. The van der Waals surface area contributed by atoms with Crippen LogP contribution in [-0.2, 0) is 32.8 Å². The van der Waals surface area contributed by atoms with Crippen LogP contribution in [0.5, 0.6) is 0 Å². The number of hydrogen-bond acceptors (Lipinski definition) is 6. The van der Waals surface area contributed by atoms with Gasteiger partial charge in [-0.1, -0.05) is 18.9 Å². The van der Waals surface area contributed by atoms with Crippen molar-refractivity contribution in [2.45, 2.75) is 94.7 Å². The molecule has 1 spiro atoms. The molecule has 2 aromatic rings. The minimum Gasteiger partial charge on any atom is -0.375 e. The zero-order valence-corrected chi connectivity index (χ0v) is 20.5. The Labute approximate surface area is 202 Å². The lowest BCUT2D eigenvalue weighted by atomic mass is 9.68. The summed E-state index contributed by atoms with van der Waals surface area (Å²) >= 11 is 1.82. The molecule has 1 aliphatic carbocycles. The molecule has 2 unspecified atom stereocenters. The third-order valence-corrected chi connectivity index (χ3v) is 8.80. The highest BCUT2D eigenvalue weighted by Crippen LogP contribution is 2.49. The Morgan fingerprint density at radius 3 is 2.85 bits per heavy atom. The van der Waals surface area contributed by atoms with Gasteiger partial charge in [-0.2, -0.15) is 0 Å². The Morgan fingerprint density at radius 2 is 2.03 bits per heavy atom. The maximum absolute atomic E-state index is 6.39. The van der Waals surface area contributed by atoms with E-state index in [1.165, 1.54) is 48.2 Å². The Kier molecular flexibility index (Phi) is 7.78. The Morgan fingerprint density at radius 1 is 1.09 bits per heavy atom. The lowest BCUT2D eigenvalue weighted by Gasteiger charge is -2.46. The standard InChI is InChI=1S/C27H38N2O3S/c1-5-14-29-24(7-1)26(13-17-32-27(21-26)10-3-4-11-27)12-15-28-19-23-22(9-18-33-23)20-31-25-8-2-6-16-30-25/h1,5,7,9,14,18,25,28H,2-4,6,8,10-13,15-17,19-21H2. The third kappa shape index (κ3) is 5.68. The van der Waals surface area contributed by atoms with E-state index in [1.807, 2.05) is 23.6 Å². The van der Waals surface area contributed by atoms with E-state index in [4.69, 9.17) is 19.2 Å². The van der Waals surface area contributed by atoms with E-state index >= 15 is 0 Å². The Hall–Kier alpha value is -1.31. The minimum atomic E-state index is -0.0332. The number of pyridine rings is 1. The number of ether oxygens (including phenoxy) is 3. The van der Waals surface area contributed by atoms with Crippen molar-refractivity contribution in [1.29, 1.82) is 0 Å². The Bertz CT molecular complexity index is 861. The van der Waals surface area contributed by atoms with Gasteiger partial charge in [-0.25, -0.2) is 0 Å². The van der Waals surface area contributed by atoms with E-state index in [0.29, 0.717) is 6.61 Å². The number of rotatable bonds is 9. The summed E-state index contributed by atoms with van der Waals surface area (Å²) in [5, 5.41) is 5.92. The van der Waals surface area contributed by atoms with Crippen LogP contribution in [0.25, 0.3) is 0 Å². The second-order valence-electron chi connectivity index (χ2n) is 10.1. The van der Waals surface area contributed by atoms with Gasteiger partial charge in [0.25, 0.3) is 0 Å². The van der Waals surface area contributed by atoms with Crippen LogP contribution < -0.4 is 5.32 Å². The van der Waals surface area contributed by atoms with Crippen LogP contribution in [0.15, 0.2) is 35.8 Å². The molecule has 0 aromatic carbocycles. The first-order valence-electron chi connectivity index (χ1n) is 12.8. The van der Waals surface area contributed by atoms with Crippen LogP contribution in [-0.4, -0.2) is 36.6 Å². The first-order valence-corrected chi connectivity index (χ1v) is 13.7. The number of thiophene rings is 1. The van der Waals surface area contributed by atoms with Crippen molar-refractivity contribution >= 4 is 11.3 Å². The summed E-state index contributed by atoms with van der Waals surface area (Å²) in [4.78, 5) is 6.20. The maximum atomic E-state index is 6.39. The summed E-state index contributed by atoms with van der Waals surface area (Å²) in [6.07, 6.45) is 13.6. The van der Waals surface area contributed by atoms with E-state index in [9.17, 15) is 0 Å². The van der Waals surface area contributed by atoms with Crippen LogP contribution in [0.3, 0.4) is 0 Å². The topological polar surface area (TPSA) is 52.6 Å². The normalized spacial score (nSPS) is 27.2. The summed E-state index contributed by atoms with van der Waals surface area (Å²) in [5.74, 6) is 0. The quantitative estimate of drug-likeness (QED) is 0.475. The van der Waals surface area contributed by atoms with Crippen molar-refractivity contribution < 1.29 is 14.2 Å². The fraction of sp³-hybridized carbons (Fsp3) is 0.667. The molecule has 4 heterocycles. The molecule has 3 fully saturated rings. The maximum Gasteiger partial charge on any atom is 0.158 e. The fourth-order valence-corrected chi connectivity index (χ4v) is 6.86. The van der Waals surface area contributed by atoms with Gasteiger partial charge in [0.05, 0.1) is 12.2 Å². The van der Waals surface area contributed by atoms with Gasteiger partial charge in [-0.05, 0) is 87.1 Å². The first-order chi connectivity index (χ1) is 16.3. The van der Waals surface area contributed by atoms with E-state index < -0.39 is 0 Å². The van der Waals surface area contributed by atoms with Crippen molar-refractivity contribution in [2.75, 3.05) is 19.8 Å². The van der Waals surface area contributed by atoms with Crippen molar-refractivity contribution in [3.63, 3.8) is 0 Å². The molecule has 2 aliphatic heterocycles. The number of nitrogens with one attached hydrogen (secondary N) is 1. The monoisotopic (exact) mass is 470 g/mol. The smallest absolute Gasteiger partial charge is 0.158 e. The molecular weight excluding hydrogens is 432 g/mol. The molecule has 2 aromatic heterocycles. The number of aromatic nitrogens is 1. The third-order valence-electron chi connectivity index (χ3n) is 7.84. The van der Waals surface area contributed by atoms with Crippen LogP contribution in [0, 0.1) is 0 Å². The molecule has 3 aliphatic rings. The summed E-state index contributed by atoms with van der Waals surface area (Å²) in [6.45, 7) is 4.20. The van der Waals surface area contributed by atoms with Crippen LogP contribution >= 0.6 is 11.3 Å². The summed E-state index contributed by atoms with van der Waals surface area (Å²) in [7, 11) is 0. The van der Waals surface area contributed by atoms with E-state index in [0.717, 1.165) is 58.4 Å². The van der Waals surface area contributed by atoms with Crippen molar-refractivity contribution in [2.24, 2.45) is 0 Å².